The van der Waals surface area contributed by atoms with Gasteiger partial charge in [-0.3, -0.25) is 19.6 Å². The number of aryl methyl sites for hydroxylation is 2. The molecule has 8 heteroatoms. The van der Waals surface area contributed by atoms with E-state index in [1.807, 2.05) is 0 Å². The molecule has 0 radical (unpaired) electrons. The average Bonchev–Trinajstić information content (AvgIpc) is 2.50. The highest BCUT2D eigenvalue weighted by molar-refractivity contribution is 8.00. The number of carbonyl (C=O) groups excluding carboxylic acids is 1. The summed E-state index contributed by atoms with van der Waals surface area (Å²) in [5, 5.41) is 15.2. The number of nitrogens with zero attached hydrogens (tertiary/aromatic N) is 3. The van der Waals surface area contributed by atoms with Gasteiger partial charge in [-0.1, -0.05) is 11.8 Å². The van der Waals surface area contributed by atoms with Crippen LogP contribution < -0.4 is 0 Å². The average molecular weight is 259 g/mol. The fourth-order valence-corrected chi connectivity index (χ4v) is 2.25. The Balaban J connectivity index is 2.83. The van der Waals surface area contributed by atoms with Crippen molar-refractivity contribution >= 4 is 23.4 Å². The summed E-state index contributed by atoms with van der Waals surface area (Å²) in [6.45, 7) is 3.57. The van der Waals surface area contributed by atoms with E-state index in [1.165, 1.54) is 4.68 Å². The number of carbonyl (C=O) groups is 1. The summed E-state index contributed by atoms with van der Waals surface area (Å²) in [4.78, 5) is 21.5. The monoisotopic (exact) mass is 259 g/mol. The van der Waals surface area contributed by atoms with Gasteiger partial charge in [0.05, 0.1) is 17.3 Å². The minimum atomic E-state index is -0.490. The summed E-state index contributed by atoms with van der Waals surface area (Å²) >= 11 is 1.06. The van der Waals surface area contributed by atoms with Crippen LogP contribution in [0.4, 0.5) is 5.69 Å². The number of hydrogen-bond acceptors (Lipinski definition) is 6. The van der Waals surface area contributed by atoms with Crippen LogP contribution in [0.1, 0.15) is 12.6 Å². The van der Waals surface area contributed by atoms with E-state index < -0.39 is 10.9 Å². The Morgan fingerprint density at radius 1 is 1.65 bits per heavy atom. The van der Waals surface area contributed by atoms with E-state index in [4.69, 9.17) is 4.74 Å². The number of rotatable bonds is 5. The van der Waals surface area contributed by atoms with E-state index in [1.54, 1.807) is 20.9 Å². The van der Waals surface area contributed by atoms with Crippen LogP contribution in [-0.2, 0) is 16.6 Å². The third kappa shape index (κ3) is 3.19. The van der Waals surface area contributed by atoms with Crippen LogP contribution in [-0.4, -0.2) is 33.0 Å². The summed E-state index contributed by atoms with van der Waals surface area (Å²) in [5.41, 5.74) is 0.283. The van der Waals surface area contributed by atoms with Crippen LogP contribution in [0.15, 0.2) is 5.03 Å². The molecule has 0 unspecified atom stereocenters. The molecule has 17 heavy (non-hydrogen) atoms. The topological polar surface area (TPSA) is 87.3 Å². The number of thioether (sulfide) groups is 1. The second kappa shape index (κ2) is 5.67. The van der Waals surface area contributed by atoms with Gasteiger partial charge in [-0.25, -0.2) is 0 Å². The zero-order chi connectivity index (χ0) is 13.0. The molecule has 0 saturated heterocycles. The smallest absolute Gasteiger partial charge is 0.323 e. The molecule has 0 bridgehead atoms. The van der Waals surface area contributed by atoms with Crippen molar-refractivity contribution in [3.8, 4) is 0 Å². The van der Waals surface area contributed by atoms with Crippen LogP contribution in [0.2, 0.25) is 0 Å². The van der Waals surface area contributed by atoms with Gasteiger partial charge in [0.25, 0.3) is 0 Å². The lowest BCUT2D eigenvalue weighted by Crippen LogP contribution is -2.07. The Labute approximate surface area is 102 Å². The molecule has 0 spiro atoms. The van der Waals surface area contributed by atoms with Crippen molar-refractivity contribution in [2.24, 2.45) is 7.05 Å². The van der Waals surface area contributed by atoms with Gasteiger partial charge in [-0.2, -0.15) is 5.10 Å². The Hall–Kier alpha value is -1.57. The van der Waals surface area contributed by atoms with Gasteiger partial charge in [0.1, 0.15) is 5.69 Å². The Bertz CT molecular complexity index is 444. The molecule has 1 rings (SSSR count). The molecule has 0 aliphatic heterocycles. The molecule has 0 aliphatic carbocycles. The molecule has 1 aromatic rings. The van der Waals surface area contributed by atoms with Crippen LogP contribution >= 0.6 is 11.8 Å². The Kier molecular flexibility index (Phi) is 4.50. The molecule has 0 saturated carbocycles. The van der Waals surface area contributed by atoms with Gasteiger partial charge in [0.15, 0.2) is 5.03 Å². The lowest BCUT2D eigenvalue weighted by Gasteiger charge is -2.01. The minimum Gasteiger partial charge on any atom is -0.465 e. The van der Waals surface area contributed by atoms with Crippen LogP contribution in [0.25, 0.3) is 0 Å². The lowest BCUT2D eigenvalue weighted by molar-refractivity contribution is -0.388. The van der Waals surface area contributed by atoms with Crippen molar-refractivity contribution in [1.29, 1.82) is 0 Å². The molecule has 94 valence electrons. The maximum atomic E-state index is 11.2. The minimum absolute atomic E-state index is 0.0354. The van der Waals surface area contributed by atoms with Crippen molar-refractivity contribution < 1.29 is 14.5 Å². The molecule has 0 amide bonds. The number of esters is 1. The van der Waals surface area contributed by atoms with Gasteiger partial charge in [-0.15, -0.1) is 0 Å². The number of aromatic nitrogens is 2. The molecule has 1 heterocycles. The van der Waals surface area contributed by atoms with E-state index >= 15 is 0 Å². The Morgan fingerprint density at radius 3 is 2.82 bits per heavy atom. The summed E-state index contributed by atoms with van der Waals surface area (Å²) in [6.07, 6.45) is 0. The second-order valence-electron chi connectivity index (χ2n) is 3.21. The second-order valence-corrected chi connectivity index (χ2v) is 4.18. The predicted molar refractivity (Wildman–Crippen MR) is 62.0 cm³/mol. The first-order valence-electron chi connectivity index (χ1n) is 4.93. The van der Waals surface area contributed by atoms with Crippen LogP contribution in [0.5, 0.6) is 0 Å². The standard InChI is InChI=1S/C9H13N3O4S/c1-4-16-7(13)5-17-9-8(12(14)15)6(2)10-11(9)3/h4-5H2,1-3H3. The largest absolute Gasteiger partial charge is 0.465 e. The maximum absolute atomic E-state index is 11.2. The predicted octanol–water partition coefficient (Wildman–Crippen LogP) is 1.29. The number of hydrogen-bond donors (Lipinski definition) is 0. The van der Waals surface area contributed by atoms with Gasteiger partial charge in [-0.05, 0) is 13.8 Å². The zero-order valence-electron chi connectivity index (χ0n) is 9.80. The number of ether oxygens (including phenoxy) is 1. The highest BCUT2D eigenvalue weighted by Crippen LogP contribution is 2.31. The van der Waals surface area contributed by atoms with Crippen molar-refractivity contribution in [2.45, 2.75) is 18.9 Å². The van der Waals surface area contributed by atoms with Gasteiger partial charge < -0.3 is 4.74 Å². The summed E-state index contributed by atoms with van der Waals surface area (Å²) in [7, 11) is 1.60. The highest BCUT2D eigenvalue weighted by Gasteiger charge is 2.24. The molecule has 0 aliphatic rings. The van der Waals surface area contributed by atoms with E-state index in [0.717, 1.165) is 11.8 Å². The normalized spacial score (nSPS) is 10.3. The van der Waals surface area contributed by atoms with E-state index in [9.17, 15) is 14.9 Å². The summed E-state index contributed by atoms with van der Waals surface area (Å²) in [5.74, 6) is -0.362. The van der Waals surface area contributed by atoms with Crippen molar-refractivity contribution in [2.75, 3.05) is 12.4 Å². The first-order valence-corrected chi connectivity index (χ1v) is 5.92. The molecular formula is C9H13N3O4S. The first-order chi connectivity index (χ1) is 7.97. The third-order valence-corrected chi connectivity index (χ3v) is 3.06. The molecule has 7 nitrogen and oxygen atoms in total. The van der Waals surface area contributed by atoms with Gasteiger partial charge in [0.2, 0.25) is 0 Å². The molecular weight excluding hydrogens is 246 g/mol. The summed E-state index contributed by atoms with van der Waals surface area (Å²) < 4.78 is 6.15. The maximum Gasteiger partial charge on any atom is 0.323 e. The van der Waals surface area contributed by atoms with Crippen molar-refractivity contribution in [3.63, 3.8) is 0 Å². The van der Waals surface area contributed by atoms with Gasteiger partial charge in [0, 0.05) is 7.05 Å². The highest BCUT2D eigenvalue weighted by atomic mass is 32.2. The fraction of sp³-hybridized carbons (Fsp3) is 0.556. The van der Waals surface area contributed by atoms with E-state index in [2.05, 4.69) is 5.10 Å². The van der Waals surface area contributed by atoms with E-state index in [0.29, 0.717) is 17.3 Å². The third-order valence-electron chi connectivity index (χ3n) is 1.95. The molecule has 0 N–H and O–H groups in total. The fourth-order valence-electron chi connectivity index (χ4n) is 1.33. The molecule has 0 atom stereocenters. The number of nitro groups is 1. The molecule has 0 fully saturated rings. The van der Waals surface area contributed by atoms with E-state index in [-0.39, 0.29) is 11.4 Å². The van der Waals surface area contributed by atoms with Gasteiger partial charge >= 0.3 is 11.7 Å². The van der Waals surface area contributed by atoms with Crippen molar-refractivity contribution in [1.82, 2.24) is 9.78 Å². The van der Waals surface area contributed by atoms with Crippen molar-refractivity contribution in [3.05, 3.63) is 15.8 Å². The summed E-state index contributed by atoms with van der Waals surface area (Å²) in [6, 6.07) is 0. The first kappa shape index (κ1) is 13.5. The Morgan fingerprint density at radius 2 is 2.29 bits per heavy atom. The molecule has 0 aromatic carbocycles. The quantitative estimate of drug-likeness (QED) is 0.343. The van der Waals surface area contributed by atoms with Crippen LogP contribution in [0.3, 0.4) is 0 Å². The van der Waals surface area contributed by atoms with Crippen LogP contribution in [0, 0.1) is 17.0 Å². The molecule has 1 aromatic heterocycles. The SMILES string of the molecule is CCOC(=O)CSc1c([N+](=O)[O-])c(C)nn1C. The lowest BCUT2D eigenvalue weighted by atomic mass is 10.4. The zero-order valence-corrected chi connectivity index (χ0v) is 10.6.